The predicted octanol–water partition coefficient (Wildman–Crippen LogP) is 2.59. The van der Waals surface area contributed by atoms with E-state index in [0.29, 0.717) is 0 Å². The Bertz CT molecular complexity index is 274. The van der Waals surface area contributed by atoms with Crippen LogP contribution in [0.4, 0.5) is 0 Å². The Labute approximate surface area is 81.0 Å². The Balaban J connectivity index is 2.90. The van der Waals surface area contributed by atoms with Crippen molar-refractivity contribution in [1.82, 2.24) is 0 Å². The molecule has 0 saturated carbocycles. The van der Waals surface area contributed by atoms with Crippen molar-refractivity contribution in [2.45, 2.75) is 13.6 Å². The molecule has 1 atom stereocenters. The van der Waals surface area contributed by atoms with Gasteiger partial charge in [-0.05, 0) is 0 Å². The van der Waals surface area contributed by atoms with Crippen molar-refractivity contribution < 1.29 is 0 Å². The monoisotopic (exact) mass is 267 g/mol. The van der Waals surface area contributed by atoms with Gasteiger partial charge in [0.05, 0.1) is 0 Å². The van der Waals surface area contributed by atoms with Crippen molar-refractivity contribution in [3.8, 4) is 6.07 Å². The molecule has 0 aliphatic heterocycles. The molecule has 0 heterocycles. The molecule has 1 aromatic rings. The second-order valence-corrected chi connectivity index (χ2v) is 9.88. The van der Waals surface area contributed by atoms with Gasteiger partial charge in [0.15, 0.2) is 0 Å². The van der Waals surface area contributed by atoms with Crippen molar-refractivity contribution in [2.75, 3.05) is 0 Å². The normalized spacial score (nSPS) is 12.5. The van der Waals surface area contributed by atoms with Crippen LogP contribution < -0.4 is 0 Å². The number of nitrogens with zero attached hydrogens (tertiary/aromatic N) is 1. The molecule has 2 heteroatoms. The third-order valence-corrected chi connectivity index (χ3v) is 5.88. The summed E-state index contributed by atoms with van der Waals surface area (Å²) in [7, 11) is 0. The molecule has 1 rings (SSSR count). The van der Waals surface area contributed by atoms with Crippen LogP contribution in [0, 0.1) is 11.3 Å². The standard InChI is InChI=1S/C8H6N.2CH3.Sb/c9-7-6-8-4-2-1-3-5-8;;;/h1-6H;2*1H3;. The van der Waals surface area contributed by atoms with E-state index in [9.17, 15) is 0 Å². The van der Waals surface area contributed by atoms with E-state index < -0.39 is 20.2 Å². The zero-order chi connectivity index (χ0) is 8.97. The molecular formula is C10H12NSb. The molecule has 0 saturated heterocycles. The minimum atomic E-state index is -1.28. The van der Waals surface area contributed by atoms with Gasteiger partial charge in [-0.25, -0.2) is 0 Å². The van der Waals surface area contributed by atoms with E-state index in [4.69, 9.17) is 5.26 Å². The zero-order valence-electron chi connectivity index (χ0n) is 7.36. The first-order valence-corrected chi connectivity index (χ1v) is 10.4. The van der Waals surface area contributed by atoms with E-state index in [0.717, 1.165) is 0 Å². The van der Waals surface area contributed by atoms with Gasteiger partial charge in [0.2, 0.25) is 0 Å². The van der Waals surface area contributed by atoms with Gasteiger partial charge in [0, 0.05) is 0 Å². The van der Waals surface area contributed by atoms with Crippen LogP contribution in [0.1, 0.15) is 9.43 Å². The molecule has 0 amide bonds. The second kappa shape index (κ2) is 4.53. The van der Waals surface area contributed by atoms with Crippen molar-refractivity contribution in [1.29, 1.82) is 5.26 Å². The van der Waals surface area contributed by atoms with Gasteiger partial charge in [-0.1, -0.05) is 0 Å². The van der Waals surface area contributed by atoms with Gasteiger partial charge < -0.3 is 0 Å². The molecule has 62 valence electrons. The fraction of sp³-hybridized carbons (Fsp3) is 0.300. The van der Waals surface area contributed by atoms with Crippen LogP contribution in [0.25, 0.3) is 0 Å². The Morgan fingerprint density at radius 3 is 2.25 bits per heavy atom. The maximum atomic E-state index is 8.95. The molecule has 0 aliphatic carbocycles. The van der Waals surface area contributed by atoms with Gasteiger partial charge in [-0.2, -0.15) is 0 Å². The van der Waals surface area contributed by atoms with Crippen molar-refractivity contribution in [3.63, 3.8) is 0 Å². The maximum absolute atomic E-state index is 8.95. The molecule has 1 nitrogen and oxygen atoms in total. The average molecular weight is 268 g/mol. The molecule has 0 spiro atoms. The summed E-state index contributed by atoms with van der Waals surface area (Å²) in [5.74, 6) is 0. The van der Waals surface area contributed by atoms with E-state index in [2.05, 4.69) is 27.9 Å². The minimum absolute atomic E-state index is 0.217. The van der Waals surface area contributed by atoms with Crippen molar-refractivity contribution in [2.24, 2.45) is 0 Å². The third-order valence-electron chi connectivity index (χ3n) is 1.75. The van der Waals surface area contributed by atoms with Crippen LogP contribution in [-0.2, 0) is 0 Å². The number of rotatable bonds is 2. The first-order chi connectivity index (χ1) is 5.75. The van der Waals surface area contributed by atoms with Crippen LogP contribution >= 0.6 is 0 Å². The molecule has 0 fully saturated rings. The molecule has 0 N–H and O–H groups in total. The molecule has 0 aliphatic rings. The van der Waals surface area contributed by atoms with Crippen LogP contribution in [0.2, 0.25) is 9.74 Å². The van der Waals surface area contributed by atoms with E-state index in [-0.39, 0.29) is 3.86 Å². The number of benzene rings is 1. The summed E-state index contributed by atoms with van der Waals surface area (Å²) in [4.78, 5) is 4.51. The molecule has 0 aromatic heterocycles. The Hall–Kier alpha value is -0.472. The van der Waals surface area contributed by atoms with Gasteiger partial charge >= 0.3 is 81.0 Å². The van der Waals surface area contributed by atoms with E-state index in [1.165, 1.54) is 5.56 Å². The average Bonchev–Trinajstić information content (AvgIpc) is 2.07. The Kier molecular flexibility index (Phi) is 3.63. The van der Waals surface area contributed by atoms with Gasteiger partial charge in [0.25, 0.3) is 0 Å². The van der Waals surface area contributed by atoms with E-state index in [1.807, 2.05) is 18.2 Å². The van der Waals surface area contributed by atoms with Crippen LogP contribution in [-0.4, -0.2) is 20.2 Å². The topological polar surface area (TPSA) is 23.8 Å². The number of hydrogen-bond acceptors (Lipinski definition) is 1. The third kappa shape index (κ3) is 2.26. The molecule has 12 heavy (non-hydrogen) atoms. The van der Waals surface area contributed by atoms with Crippen LogP contribution in [0.5, 0.6) is 0 Å². The second-order valence-electron chi connectivity index (χ2n) is 2.91. The van der Waals surface area contributed by atoms with Crippen LogP contribution in [0.15, 0.2) is 30.3 Å². The molecule has 1 aromatic carbocycles. The van der Waals surface area contributed by atoms with Crippen molar-refractivity contribution in [3.05, 3.63) is 35.9 Å². The summed E-state index contributed by atoms with van der Waals surface area (Å²) in [6.45, 7) is 0. The zero-order valence-corrected chi connectivity index (χ0v) is 9.91. The summed E-state index contributed by atoms with van der Waals surface area (Å²) in [6, 6.07) is 12.5. The fourth-order valence-corrected chi connectivity index (χ4v) is 3.98. The van der Waals surface area contributed by atoms with Crippen molar-refractivity contribution >= 4 is 20.2 Å². The fourth-order valence-electron chi connectivity index (χ4n) is 1.12. The molecular weight excluding hydrogens is 256 g/mol. The van der Waals surface area contributed by atoms with Gasteiger partial charge in [-0.3, -0.25) is 0 Å². The summed E-state index contributed by atoms with van der Waals surface area (Å²) in [6.07, 6.45) is 0. The van der Waals surface area contributed by atoms with E-state index >= 15 is 0 Å². The molecule has 0 radical (unpaired) electrons. The Morgan fingerprint density at radius 1 is 1.25 bits per heavy atom. The first-order valence-electron chi connectivity index (χ1n) is 3.86. The summed E-state index contributed by atoms with van der Waals surface area (Å²) >= 11 is -1.28. The summed E-state index contributed by atoms with van der Waals surface area (Å²) in [5.41, 5.74) is 1.20. The summed E-state index contributed by atoms with van der Waals surface area (Å²) < 4.78 is 0.217. The first kappa shape index (κ1) is 9.61. The summed E-state index contributed by atoms with van der Waals surface area (Å²) in [5, 5.41) is 8.95. The van der Waals surface area contributed by atoms with E-state index in [1.54, 1.807) is 0 Å². The molecule has 0 bridgehead atoms. The number of hydrogen-bond donors (Lipinski definition) is 0. The van der Waals surface area contributed by atoms with Gasteiger partial charge in [-0.15, -0.1) is 0 Å². The SMILES string of the molecule is [CH3][Sb]([CH3])[CH](C#N)c1ccccc1. The quantitative estimate of drug-likeness (QED) is 0.756. The predicted molar refractivity (Wildman–Crippen MR) is 52.3 cm³/mol. The van der Waals surface area contributed by atoms with Gasteiger partial charge in [0.1, 0.15) is 0 Å². The Morgan fingerprint density at radius 2 is 1.83 bits per heavy atom. The van der Waals surface area contributed by atoms with Crippen LogP contribution in [0.3, 0.4) is 0 Å². The number of nitriles is 1. The molecule has 1 unspecified atom stereocenters.